The lowest BCUT2D eigenvalue weighted by Gasteiger charge is -2.04. The van der Waals surface area contributed by atoms with E-state index < -0.39 is 0 Å². The third-order valence-corrected chi connectivity index (χ3v) is 1.79. The van der Waals surface area contributed by atoms with Gasteiger partial charge in [-0.3, -0.25) is 0 Å². The van der Waals surface area contributed by atoms with Crippen LogP contribution in [0.2, 0.25) is 0 Å². The number of hydrogen-bond donors (Lipinski definition) is 1. The molecule has 0 unspecified atom stereocenters. The fraction of sp³-hybridized carbons (Fsp3) is 0.182. The highest BCUT2D eigenvalue weighted by Crippen LogP contribution is 2.21. The quantitative estimate of drug-likeness (QED) is 0.785. The maximum Gasteiger partial charge on any atom is 0.137 e. The molecule has 3 heteroatoms. The molecule has 1 rings (SSSR count). The summed E-state index contributed by atoms with van der Waals surface area (Å²) < 4.78 is 5.04. The van der Waals surface area contributed by atoms with Gasteiger partial charge in [-0.25, -0.2) is 0 Å². The Morgan fingerprint density at radius 1 is 1.57 bits per heavy atom. The number of ether oxygens (including phenoxy) is 1. The normalized spacial score (nSPS) is 10.1. The van der Waals surface area contributed by atoms with Crippen LogP contribution in [-0.4, -0.2) is 18.8 Å². The largest absolute Gasteiger partial charge is 0.495 e. The molecule has 0 radical (unpaired) electrons. The molecule has 14 heavy (non-hydrogen) atoms. The number of methoxy groups -OCH3 is 1. The zero-order valence-electron chi connectivity index (χ0n) is 7.90. The fourth-order valence-corrected chi connectivity index (χ4v) is 1.16. The second-order valence-corrected chi connectivity index (χ2v) is 2.62. The van der Waals surface area contributed by atoms with E-state index in [4.69, 9.17) is 15.1 Å². The van der Waals surface area contributed by atoms with Crippen molar-refractivity contribution in [2.75, 3.05) is 13.7 Å². The number of benzene rings is 1. The Morgan fingerprint density at radius 2 is 2.36 bits per heavy atom. The van der Waals surface area contributed by atoms with Crippen LogP contribution >= 0.6 is 0 Å². The molecular formula is C11H11NO2. The Hall–Kier alpha value is -1.79. The summed E-state index contributed by atoms with van der Waals surface area (Å²) in [6.07, 6.45) is 3.27. The molecule has 0 heterocycles. The molecule has 1 aromatic rings. The molecule has 3 nitrogen and oxygen atoms in total. The summed E-state index contributed by atoms with van der Waals surface area (Å²) in [7, 11) is 1.52. The van der Waals surface area contributed by atoms with Crippen molar-refractivity contribution in [1.82, 2.24) is 0 Å². The van der Waals surface area contributed by atoms with Gasteiger partial charge in [-0.1, -0.05) is 24.3 Å². The predicted molar refractivity (Wildman–Crippen MR) is 53.8 cm³/mol. The van der Waals surface area contributed by atoms with Gasteiger partial charge in [-0.2, -0.15) is 5.26 Å². The van der Waals surface area contributed by atoms with Crippen molar-refractivity contribution in [2.24, 2.45) is 0 Å². The Kier molecular flexibility index (Phi) is 3.71. The number of aliphatic hydroxyl groups excluding tert-OH is 1. The van der Waals surface area contributed by atoms with Crippen molar-refractivity contribution in [2.45, 2.75) is 0 Å². The van der Waals surface area contributed by atoms with E-state index in [-0.39, 0.29) is 6.61 Å². The van der Waals surface area contributed by atoms with Crippen LogP contribution in [0.1, 0.15) is 11.1 Å². The molecule has 0 saturated carbocycles. The number of aliphatic hydroxyl groups is 1. The SMILES string of the molecule is COc1cccc(C=CCO)c1C#N. The Balaban J connectivity index is 3.17. The number of hydrogen-bond acceptors (Lipinski definition) is 3. The number of rotatable bonds is 3. The van der Waals surface area contributed by atoms with Crippen LogP contribution in [0.5, 0.6) is 5.75 Å². The van der Waals surface area contributed by atoms with E-state index in [0.717, 1.165) is 5.56 Å². The van der Waals surface area contributed by atoms with Gasteiger partial charge in [0.15, 0.2) is 0 Å². The van der Waals surface area contributed by atoms with Crippen LogP contribution in [0.4, 0.5) is 0 Å². The smallest absolute Gasteiger partial charge is 0.137 e. The molecule has 0 aliphatic heterocycles. The molecule has 72 valence electrons. The first-order valence-corrected chi connectivity index (χ1v) is 4.18. The van der Waals surface area contributed by atoms with Crippen molar-refractivity contribution in [3.8, 4) is 11.8 Å². The van der Waals surface area contributed by atoms with E-state index in [0.29, 0.717) is 11.3 Å². The predicted octanol–water partition coefficient (Wildman–Crippen LogP) is 1.57. The highest BCUT2D eigenvalue weighted by atomic mass is 16.5. The van der Waals surface area contributed by atoms with Gasteiger partial charge in [-0.05, 0) is 11.6 Å². The topological polar surface area (TPSA) is 53.2 Å². The van der Waals surface area contributed by atoms with Gasteiger partial charge in [0.05, 0.1) is 13.7 Å². The lowest BCUT2D eigenvalue weighted by Crippen LogP contribution is -1.90. The van der Waals surface area contributed by atoms with Gasteiger partial charge in [0.2, 0.25) is 0 Å². The van der Waals surface area contributed by atoms with Crippen molar-refractivity contribution in [3.63, 3.8) is 0 Å². The van der Waals surface area contributed by atoms with Crippen molar-refractivity contribution in [3.05, 3.63) is 35.4 Å². The molecule has 0 aliphatic rings. The molecule has 0 aromatic heterocycles. The third kappa shape index (κ3) is 2.12. The Labute approximate surface area is 82.9 Å². The second kappa shape index (κ2) is 5.05. The summed E-state index contributed by atoms with van der Waals surface area (Å²) >= 11 is 0. The molecular weight excluding hydrogens is 178 g/mol. The van der Waals surface area contributed by atoms with E-state index in [9.17, 15) is 0 Å². The van der Waals surface area contributed by atoms with E-state index in [2.05, 4.69) is 6.07 Å². The fourth-order valence-electron chi connectivity index (χ4n) is 1.16. The summed E-state index contributed by atoms with van der Waals surface area (Å²) in [5.41, 5.74) is 1.24. The zero-order chi connectivity index (χ0) is 10.4. The van der Waals surface area contributed by atoms with E-state index in [1.165, 1.54) is 7.11 Å². The molecule has 0 fully saturated rings. The molecule has 0 saturated heterocycles. The molecule has 0 bridgehead atoms. The third-order valence-electron chi connectivity index (χ3n) is 1.79. The maximum atomic E-state index is 8.90. The molecule has 0 atom stereocenters. The van der Waals surface area contributed by atoms with Crippen LogP contribution < -0.4 is 4.74 Å². The van der Waals surface area contributed by atoms with Crippen LogP contribution in [0.25, 0.3) is 6.08 Å². The van der Waals surface area contributed by atoms with Gasteiger partial charge in [0.1, 0.15) is 17.4 Å². The Bertz CT molecular complexity index is 377. The average Bonchev–Trinajstić information content (AvgIpc) is 2.25. The Morgan fingerprint density at radius 3 is 2.93 bits per heavy atom. The summed E-state index contributed by atoms with van der Waals surface area (Å²) in [5, 5.41) is 17.5. The van der Waals surface area contributed by atoms with Crippen LogP contribution in [0.3, 0.4) is 0 Å². The number of nitriles is 1. The summed E-state index contributed by atoms with van der Waals surface area (Å²) in [5.74, 6) is 0.549. The first kappa shape index (κ1) is 10.3. The van der Waals surface area contributed by atoms with Gasteiger partial charge >= 0.3 is 0 Å². The van der Waals surface area contributed by atoms with E-state index in [1.807, 2.05) is 0 Å². The minimum absolute atomic E-state index is 0.0396. The first-order chi connectivity index (χ1) is 6.83. The van der Waals surface area contributed by atoms with E-state index >= 15 is 0 Å². The zero-order valence-corrected chi connectivity index (χ0v) is 7.90. The maximum absolute atomic E-state index is 8.90. The van der Waals surface area contributed by atoms with Crippen LogP contribution in [0, 0.1) is 11.3 Å². The summed E-state index contributed by atoms with van der Waals surface area (Å²) in [4.78, 5) is 0. The average molecular weight is 189 g/mol. The molecule has 0 aliphatic carbocycles. The van der Waals surface area contributed by atoms with Gasteiger partial charge in [0.25, 0.3) is 0 Å². The summed E-state index contributed by atoms with van der Waals surface area (Å²) in [6.45, 7) is -0.0396. The molecule has 0 amide bonds. The van der Waals surface area contributed by atoms with Crippen molar-refractivity contribution >= 4 is 6.08 Å². The minimum atomic E-state index is -0.0396. The van der Waals surface area contributed by atoms with E-state index in [1.54, 1.807) is 30.4 Å². The van der Waals surface area contributed by atoms with Crippen molar-refractivity contribution in [1.29, 1.82) is 5.26 Å². The second-order valence-electron chi connectivity index (χ2n) is 2.62. The molecule has 0 spiro atoms. The standard InChI is InChI=1S/C11H11NO2/c1-14-11-6-2-4-9(5-3-7-13)10(11)8-12/h2-6,13H,7H2,1H3. The molecule has 1 N–H and O–H groups in total. The highest BCUT2D eigenvalue weighted by molar-refractivity contribution is 5.62. The molecule has 1 aromatic carbocycles. The van der Waals surface area contributed by atoms with Crippen LogP contribution in [0.15, 0.2) is 24.3 Å². The first-order valence-electron chi connectivity index (χ1n) is 4.18. The lowest BCUT2D eigenvalue weighted by atomic mass is 10.1. The van der Waals surface area contributed by atoms with Gasteiger partial charge in [0, 0.05) is 0 Å². The van der Waals surface area contributed by atoms with Crippen LogP contribution in [-0.2, 0) is 0 Å². The van der Waals surface area contributed by atoms with Crippen molar-refractivity contribution < 1.29 is 9.84 Å². The van der Waals surface area contributed by atoms with Gasteiger partial charge in [-0.15, -0.1) is 0 Å². The monoisotopic (exact) mass is 189 g/mol. The summed E-state index contributed by atoms with van der Waals surface area (Å²) in [6, 6.07) is 7.40. The lowest BCUT2D eigenvalue weighted by molar-refractivity contribution is 0.343. The minimum Gasteiger partial charge on any atom is -0.495 e. The van der Waals surface area contributed by atoms with Gasteiger partial charge < -0.3 is 9.84 Å². The highest BCUT2D eigenvalue weighted by Gasteiger charge is 2.04. The number of nitrogens with zero attached hydrogens (tertiary/aromatic N) is 1.